The zero-order valence-corrected chi connectivity index (χ0v) is 19.5. The fourth-order valence-corrected chi connectivity index (χ4v) is 7.61. The molecule has 0 spiro atoms. The highest BCUT2D eigenvalue weighted by Crippen LogP contribution is 2.54. The van der Waals surface area contributed by atoms with Crippen molar-refractivity contribution in [3.63, 3.8) is 0 Å². The first-order valence-electron chi connectivity index (χ1n) is 11.1. The molecule has 0 amide bonds. The van der Waals surface area contributed by atoms with Crippen LogP contribution in [0.15, 0.2) is 45.9 Å². The maximum Gasteiger partial charge on any atom is 0.205 e. The summed E-state index contributed by atoms with van der Waals surface area (Å²) in [5.74, 6) is 3.39. The van der Waals surface area contributed by atoms with Gasteiger partial charge in [0.05, 0.1) is 17.4 Å². The Hall–Kier alpha value is -2.05. The van der Waals surface area contributed by atoms with Gasteiger partial charge in [-0.3, -0.25) is 9.79 Å². The quantitative estimate of drug-likeness (QED) is 0.351. The molecule has 1 aromatic carbocycles. The zero-order valence-electron chi connectivity index (χ0n) is 17.1. The zero-order chi connectivity index (χ0) is 21.1. The van der Waals surface area contributed by atoms with Gasteiger partial charge in [0.25, 0.3) is 0 Å². The van der Waals surface area contributed by atoms with Crippen molar-refractivity contribution in [1.29, 1.82) is 0 Å². The van der Waals surface area contributed by atoms with Gasteiger partial charge < -0.3 is 5.73 Å². The van der Waals surface area contributed by atoms with Crippen LogP contribution >= 0.6 is 27.3 Å². The summed E-state index contributed by atoms with van der Waals surface area (Å²) < 4.78 is 0.943. The number of carbonyl (C=O) groups excluding carboxylic acids is 1. The third-order valence-electron chi connectivity index (χ3n) is 7.48. The van der Waals surface area contributed by atoms with Crippen LogP contribution in [0.25, 0.3) is 10.2 Å². The van der Waals surface area contributed by atoms with E-state index in [2.05, 4.69) is 15.9 Å². The Kier molecular flexibility index (Phi) is 4.76. The summed E-state index contributed by atoms with van der Waals surface area (Å²) in [4.78, 5) is 24.1. The standard InChI is InChI=1S/C25H24BrN3OS/c26-18-3-1-15(2-4-18)23(30)24-21(27)20-6-5-19(29-25(20)31-24)12-28-22-16-8-13-7-14(10-16)11-17(22)9-13/h1-6,12-14,16-17,22H,7-11,27H2. The second kappa shape index (κ2) is 7.52. The van der Waals surface area contributed by atoms with Crippen LogP contribution in [0.5, 0.6) is 0 Å². The number of thiophene rings is 1. The number of rotatable bonds is 4. The molecular formula is C25H24BrN3OS. The normalized spacial score (nSPS) is 29.3. The molecule has 4 aliphatic rings. The number of aliphatic imine (C=N–C) groups is 1. The minimum atomic E-state index is -0.0585. The summed E-state index contributed by atoms with van der Waals surface area (Å²) in [5, 5.41) is 0.845. The fraction of sp³-hybridized carbons (Fsp3) is 0.400. The van der Waals surface area contributed by atoms with Crippen molar-refractivity contribution < 1.29 is 4.79 Å². The lowest BCUT2D eigenvalue weighted by molar-refractivity contribution is 0.00146. The number of ketones is 1. The Morgan fingerprint density at radius 1 is 1.03 bits per heavy atom. The van der Waals surface area contributed by atoms with Gasteiger partial charge in [0.15, 0.2) is 0 Å². The van der Waals surface area contributed by atoms with E-state index in [-0.39, 0.29) is 5.78 Å². The largest absolute Gasteiger partial charge is 0.397 e. The number of fused-ring (bicyclic) bond motifs is 1. The van der Waals surface area contributed by atoms with Crippen molar-refractivity contribution in [2.75, 3.05) is 5.73 Å². The molecule has 4 aliphatic carbocycles. The molecule has 4 saturated carbocycles. The van der Waals surface area contributed by atoms with Crippen molar-refractivity contribution in [2.45, 2.75) is 38.1 Å². The maximum atomic E-state index is 13.0. The molecule has 0 radical (unpaired) electrons. The van der Waals surface area contributed by atoms with E-state index in [4.69, 9.17) is 15.7 Å². The minimum absolute atomic E-state index is 0.0585. The molecule has 7 rings (SSSR count). The number of carbonyl (C=O) groups is 1. The molecule has 158 valence electrons. The van der Waals surface area contributed by atoms with Gasteiger partial charge in [0.1, 0.15) is 9.71 Å². The van der Waals surface area contributed by atoms with E-state index in [1.165, 1.54) is 43.4 Å². The van der Waals surface area contributed by atoms with Gasteiger partial charge in [-0.1, -0.05) is 15.9 Å². The second-order valence-corrected chi connectivity index (χ2v) is 11.4. The Morgan fingerprint density at radius 2 is 1.71 bits per heavy atom. The van der Waals surface area contributed by atoms with Gasteiger partial charge in [0.2, 0.25) is 5.78 Å². The van der Waals surface area contributed by atoms with Gasteiger partial charge in [-0.25, -0.2) is 4.98 Å². The molecule has 4 nitrogen and oxygen atoms in total. The number of nitrogens with two attached hydrogens (primary N) is 1. The molecule has 0 saturated heterocycles. The predicted octanol–water partition coefficient (Wildman–Crippen LogP) is 6.12. The molecule has 0 aliphatic heterocycles. The highest BCUT2D eigenvalue weighted by Gasteiger charge is 2.48. The molecule has 4 bridgehead atoms. The first kappa shape index (κ1) is 19.6. The molecule has 31 heavy (non-hydrogen) atoms. The molecule has 2 aromatic heterocycles. The van der Waals surface area contributed by atoms with Crippen molar-refractivity contribution in [3.8, 4) is 0 Å². The van der Waals surface area contributed by atoms with Crippen molar-refractivity contribution in [1.82, 2.24) is 4.98 Å². The third-order valence-corrected chi connectivity index (χ3v) is 9.13. The average Bonchev–Trinajstić information content (AvgIpc) is 3.09. The van der Waals surface area contributed by atoms with Crippen LogP contribution in [0.2, 0.25) is 0 Å². The molecular weight excluding hydrogens is 470 g/mol. The SMILES string of the molecule is Nc1c(C(=O)c2ccc(Br)cc2)sc2nc(C=NC3C4CC5CC(C4)CC3C5)ccc12. The lowest BCUT2D eigenvalue weighted by Gasteiger charge is -2.53. The van der Waals surface area contributed by atoms with Crippen molar-refractivity contribution >= 4 is 55.2 Å². The number of nitrogens with zero attached hydrogens (tertiary/aromatic N) is 2. The minimum Gasteiger partial charge on any atom is -0.397 e. The summed E-state index contributed by atoms with van der Waals surface area (Å²) in [7, 11) is 0. The Bertz CT molecular complexity index is 1170. The molecule has 0 unspecified atom stereocenters. The van der Waals surface area contributed by atoms with Crippen molar-refractivity contribution in [3.05, 3.63) is 57.0 Å². The highest BCUT2D eigenvalue weighted by atomic mass is 79.9. The first-order valence-corrected chi connectivity index (χ1v) is 12.7. The third kappa shape index (κ3) is 3.44. The first-order chi connectivity index (χ1) is 15.0. The van der Waals surface area contributed by atoms with E-state index < -0.39 is 0 Å². The molecule has 0 atom stereocenters. The average molecular weight is 494 g/mol. The van der Waals surface area contributed by atoms with Crippen LogP contribution in [-0.2, 0) is 0 Å². The number of pyridine rings is 1. The van der Waals surface area contributed by atoms with Gasteiger partial charge in [0, 0.05) is 21.6 Å². The number of halogens is 1. The Balaban J connectivity index is 1.27. The van der Waals surface area contributed by atoms with Gasteiger partial charge in [-0.15, -0.1) is 11.3 Å². The molecule has 6 heteroatoms. The smallest absolute Gasteiger partial charge is 0.205 e. The van der Waals surface area contributed by atoms with E-state index in [0.29, 0.717) is 22.2 Å². The van der Waals surface area contributed by atoms with E-state index in [0.717, 1.165) is 44.1 Å². The van der Waals surface area contributed by atoms with Crippen LogP contribution in [0, 0.1) is 23.7 Å². The van der Waals surface area contributed by atoms with Crippen LogP contribution in [0.4, 0.5) is 5.69 Å². The lowest BCUT2D eigenvalue weighted by Crippen LogP contribution is -2.47. The van der Waals surface area contributed by atoms with Crippen LogP contribution in [0.3, 0.4) is 0 Å². The number of aromatic nitrogens is 1. The van der Waals surface area contributed by atoms with Gasteiger partial charge in [-0.05, 0) is 92.2 Å². The second-order valence-electron chi connectivity index (χ2n) is 9.47. The van der Waals surface area contributed by atoms with E-state index in [9.17, 15) is 4.79 Å². The summed E-state index contributed by atoms with van der Waals surface area (Å²) in [6.45, 7) is 0. The molecule has 3 aromatic rings. The maximum absolute atomic E-state index is 13.0. The number of nitrogen functional groups attached to an aromatic ring is 1. The fourth-order valence-electron chi connectivity index (χ4n) is 6.29. The van der Waals surface area contributed by atoms with Gasteiger partial charge in [-0.2, -0.15) is 0 Å². The lowest BCUT2D eigenvalue weighted by atomic mass is 9.54. The Labute approximate surface area is 194 Å². The number of hydrogen-bond donors (Lipinski definition) is 1. The molecule has 4 fully saturated rings. The summed E-state index contributed by atoms with van der Waals surface area (Å²) in [6.07, 6.45) is 8.88. The number of hydrogen-bond acceptors (Lipinski definition) is 5. The summed E-state index contributed by atoms with van der Waals surface area (Å²) in [5.41, 5.74) is 8.33. The summed E-state index contributed by atoms with van der Waals surface area (Å²) >= 11 is 4.78. The van der Waals surface area contributed by atoms with Gasteiger partial charge >= 0.3 is 0 Å². The van der Waals surface area contributed by atoms with E-state index in [1.807, 2.05) is 42.6 Å². The Morgan fingerprint density at radius 3 is 2.39 bits per heavy atom. The topological polar surface area (TPSA) is 68.3 Å². The van der Waals surface area contributed by atoms with E-state index >= 15 is 0 Å². The van der Waals surface area contributed by atoms with E-state index in [1.54, 1.807) is 0 Å². The van der Waals surface area contributed by atoms with Crippen LogP contribution in [-0.4, -0.2) is 23.0 Å². The van der Waals surface area contributed by atoms with Crippen LogP contribution in [0.1, 0.15) is 53.0 Å². The highest BCUT2D eigenvalue weighted by molar-refractivity contribution is 9.10. The molecule has 2 heterocycles. The summed E-state index contributed by atoms with van der Waals surface area (Å²) in [6, 6.07) is 11.8. The molecule has 2 N–H and O–H groups in total. The number of benzene rings is 1. The van der Waals surface area contributed by atoms with Crippen LogP contribution < -0.4 is 5.73 Å². The predicted molar refractivity (Wildman–Crippen MR) is 130 cm³/mol. The van der Waals surface area contributed by atoms with Crippen molar-refractivity contribution in [2.24, 2.45) is 28.7 Å². The monoisotopic (exact) mass is 493 g/mol. The number of anilines is 1.